The molecule has 2 N–H and O–H groups in total. The molecule has 1 fully saturated rings. The number of hydrogen-bond acceptors (Lipinski definition) is 4. The molecule has 0 radical (unpaired) electrons. The molecule has 17 heavy (non-hydrogen) atoms. The number of aryl methyl sites for hydroxylation is 2. The third-order valence-electron chi connectivity index (χ3n) is 3.35. The molecule has 1 aromatic heterocycles. The summed E-state index contributed by atoms with van der Waals surface area (Å²) in [4.78, 5) is 2.49. The minimum absolute atomic E-state index is 0.583. The Morgan fingerprint density at radius 1 is 1.53 bits per heavy atom. The van der Waals surface area contributed by atoms with E-state index in [0.29, 0.717) is 12.6 Å². The van der Waals surface area contributed by atoms with Crippen molar-refractivity contribution >= 4 is 17.6 Å². The minimum Gasteiger partial charge on any atom is -0.352 e. The summed E-state index contributed by atoms with van der Waals surface area (Å²) in [6, 6.07) is 0.583. The van der Waals surface area contributed by atoms with E-state index in [4.69, 9.17) is 5.73 Å². The Balaban J connectivity index is 2.35. The summed E-state index contributed by atoms with van der Waals surface area (Å²) in [6.07, 6.45) is 0.922. The molecule has 0 spiro atoms. The highest BCUT2D eigenvalue weighted by atomic mass is 32.2. The quantitative estimate of drug-likeness (QED) is 0.879. The first kappa shape index (κ1) is 12.8. The Hall–Kier alpha value is -0.680. The zero-order valence-corrected chi connectivity index (χ0v) is 11.8. The van der Waals surface area contributed by atoms with Crippen LogP contribution in [0.3, 0.4) is 0 Å². The number of hydrogen-bond donors (Lipinski definition) is 1. The fourth-order valence-electron chi connectivity index (χ4n) is 2.53. The molecule has 1 atom stereocenters. The highest BCUT2D eigenvalue weighted by Crippen LogP contribution is 2.28. The Labute approximate surface area is 108 Å². The number of anilines is 1. The first-order valence-electron chi connectivity index (χ1n) is 6.22. The summed E-state index contributed by atoms with van der Waals surface area (Å²) in [6.45, 7) is 6.18. The van der Waals surface area contributed by atoms with Crippen LogP contribution < -0.4 is 10.6 Å². The molecular weight excluding hydrogens is 232 g/mol. The summed E-state index contributed by atoms with van der Waals surface area (Å²) < 4.78 is 2.02. The van der Waals surface area contributed by atoms with E-state index in [1.54, 1.807) is 0 Å². The van der Waals surface area contributed by atoms with Gasteiger partial charge in [0.05, 0.1) is 5.69 Å². The maximum Gasteiger partial charge on any atom is 0.130 e. The highest BCUT2D eigenvalue weighted by molar-refractivity contribution is 7.99. The number of nitrogens with zero attached hydrogens (tertiary/aromatic N) is 3. The topological polar surface area (TPSA) is 47.1 Å². The van der Waals surface area contributed by atoms with Gasteiger partial charge in [0.25, 0.3) is 0 Å². The van der Waals surface area contributed by atoms with Gasteiger partial charge in [-0.15, -0.1) is 0 Å². The van der Waals surface area contributed by atoms with E-state index in [1.807, 2.05) is 23.5 Å². The van der Waals surface area contributed by atoms with E-state index in [2.05, 4.69) is 23.8 Å². The normalized spacial score (nSPS) is 20.9. The lowest BCUT2D eigenvalue weighted by molar-refractivity contribution is 0.644. The van der Waals surface area contributed by atoms with Gasteiger partial charge in [-0.25, -0.2) is 0 Å². The molecule has 1 aliphatic rings. The van der Waals surface area contributed by atoms with Crippen LogP contribution in [0.25, 0.3) is 0 Å². The first-order chi connectivity index (χ1) is 8.15. The van der Waals surface area contributed by atoms with Crippen LogP contribution in [-0.2, 0) is 13.5 Å². The van der Waals surface area contributed by atoms with Crippen LogP contribution in [0.4, 0.5) is 5.82 Å². The van der Waals surface area contributed by atoms with Crippen LogP contribution >= 0.6 is 11.8 Å². The van der Waals surface area contributed by atoms with Crippen molar-refractivity contribution in [2.24, 2.45) is 12.8 Å². The lowest BCUT2D eigenvalue weighted by Crippen LogP contribution is -2.42. The zero-order valence-electron chi connectivity index (χ0n) is 10.9. The lowest BCUT2D eigenvalue weighted by Gasteiger charge is -2.35. The van der Waals surface area contributed by atoms with Crippen LogP contribution in [0.5, 0.6) is 0 Å². The molecule has 96 valence electrons. The predicted molar refractivity (Wildman–Crippen MR) is 74.8 cm³/mol. The van der Waals surface area contributed by atoms with Gasteiger partial charge in [-0.2, -0.15) is 16.9 Å². The Morgan fingerprint density at radius 2 is 2.29 bits per heavy atom. The molecule has 0 bridgehead atoms. The largest absolute Gasteiger partial charge is 0.352 e. The first-order valence-corrected chi connectivity index (χ1v) is 7.37. The number of aromatic nitrogens is 2. The molecule has 1 aliphatic heterocycles. The van der Waals surface area contributed by atoms with Crippen molar-refractivity contribution in [3.8, 4) is 0 Å². The second-order valence-electron chi connectivity index (χ2n) is 4.67. The molecule has 4 nitrogen and oxygen atoms in total. The molecule has 2 rings (SSSR count). The van der Waals surface area contributed by atoms with Crippen molar-refractivity contribution in [2.75, 3.05) is 29.5 Å². The van der Waals surface area contributed by atoms with E-state index >= 15 is 0 Å². The Kier molecular flexibility index (Phi) is 3.99. The average molecular weight is 254 g/mol. The monoisotopic (exact) mass is 254 g/mol. The number of nitrogens with two attached hydrogens (primary N) is 1. The van der Waals surface area contributed by atoms with Crippen molar-refractivity contribution in [3.63, 3.8) is 0 Å². The van der Waals surface area contributed by atoms with Gasteiger partial charge in [-0.05, 0) is 26.8 Å². The van der Waals surface area contributed by atoms with E-state index in [9.17, 15) is 0 Å². The maximum atomic E-state index is 5.71. The van der Waals surface area contributed by atoms with Gasteiger partial charge in [0.2, 0.25) is 0 Å². The standard InChI is InChI=1S/C12H22N4S/c1-9-8-17-7-6-16(9)12-11(4-5-13)10(2)14-15(12)3/h9H,4-8,13H2,1-3H3. The fraction of sp³-hybridized carbons (Fsp3) is 0.750. The second-order valence-corrected chi connectivity index (χ2v) is 5.82. The van der Waals surface area contributed by atoms with Gasteiger partial charge in [-0.1, -0.05) is 0 Å². The molecule has 0 aliphatic carbocycles. The van der Waals surface area contributed by atoms with Crippen LogP contribution in [-0.4, -0.2) is 40.4 Å². The number of rotatable bonds is 3. The second kappa shape index (κ2) is 5.31. The summed E-state index contributed by atoms with van der Waals surface area (Å²) >= 11 is 2.04. The van der Waals surface area contributed by atoms with E-state index in [-0.39, 0.29) is 0 Å². The van der Waals surface area contributed by atoms with E-state index < -0.39 is 0 Å². The van der Waals surface area contributed by atoms with Gasteiger partial charge in [0, 0.05) is 36.7 Å². The van der Waals surface area contributed by atoms with Crippen molar-refractivity contribution < 1.29 is 0 Å². The molecule has 1 unspecified atom stereocenters. The summed E-state index contributed by atoms with van der Waals surface area (Å²) in [5.41, 5.74) is 8.16. The molecule has 0 amide bonds. The summed E-state index contributed by atoms with van der Waals surface area (Å²) in [5.74, 6) is 3.68. The SMILES string of the molecule is Cc1nn(C)c(N2CCSCC2C)c1CCN. The van der Waals surface area contributed by atoms with E-state index in [0.717, 1.165) is 18.7 Å². The van der Waals surface area contributed by atoms with Crippen molar-refractivity contribution in [3.05, 3.63) is 11.3 Å². The molecule has 1 saturated heterocycles. The average Bonchev–Trinajstić information content (AvgIpc) is 2.56. The molecule has 1 aromatic rings. The minimum atomic E-state index is 0.583. The van der Waals surface area contributed by atoms with Gasteiger partial charge in [0.1, 0.15) is 5.82 Å². The van der Waals surface area contributed by atoms with Gasteiger partial charge >= 0.3 is 0 Å². The molecule has 0 aromatic carbocycles. The van der Waals surface area contributed by atoms with Gasteiger partial charge < -0.3 is 10.6 Å². The van der Waals surface area contributed by atoms with Gasteiger partial charge in [-0.3, -0.25) is 4.68 Å². The van der Waals surface area contributed by atoms with Crippen molar-refractivity contribution in [1.29, 1.82) is 0 Å². The zero-order chi connectivity index (χ0) is 12.4. The van der Waals surface area contributed by atoms with Gasteiger partial charge in [0.15, 0.2) is 0 Å². The Morgan fingerprint density at radius 3 is 2.94 bits per heavy atom. The highest BCUT2D eigenvalue weighted by Gasteiger charge is 2.25. The lowest BCUT2D eigenvalue weighted by atomic mass is 10.1. The molecular formula is C12H22N4S. The fourth-order valence-corrected chi connectivity index (χ4v) is 3.54. The van der Waals surface area contributed by atoms with Crippen LogP contribution in [0.1, 0.15) is 18.2 Å². The van der Waals surface area contributed by atoms with E-state index in [1.165, 1.54) is 22.9 Å². The smallest absolute Gasteiger partial charge is 0.130 e. The summed E-state index contributed by atoms with van der Waals surface area (Å²) in [5, 5.41) is 4.55. The maximum absolute atomic E-state index is 5.71. The third-order valence-corrected chi connectivity index (χ3v) is 4.54. The Bertz CT molecular complexity index is 388. The van der Waals surface area contributed by atoms with Crippen molar-refractivity contribution in [1.82, 2.24) is 9.78 Å². The van der Waals surface area contributed by atoms with Crippen molar-refractivity contribution in [2.45, 2.75) is 26.3 Å². The summed E-state index contributed by atoms with van der Waals surface area (Å²) in [7, 11) is 2.04. The molecule has 2 heterocycles. The number of thioether (sulfide) groups is 1. The third kappa shape index (κ3) is 2.45. The predicted octanol–water partition coefficient (Wildman–Crippen LogP) is 1.17. The van der Waals surface area contributed by atoms with Crippen LogP contribution in [0.2, 0.25) is 0 Å². The van der Waals surface area contributed by atoms with Crippen LogP contribution in [0, 0.1) is 6.92 Å². The molecule has 5 heteroatoms. The molecule has 0 saturated carbocycles. The van der Waals surface area contributed by atoms with Crippen LogP contribution in [0.15, 0.2) is 0 Å².